The first-order chi connectivity index (χ1) is 15.2. The Kier molecular flexibility index (Phi) is 6.14. The number of aromatic nitrogens is 5. The Labute approximate surface area is 191 Å². The van der Waals surface area contributed by atoms with Crippen molar-refractivity contribution in [2.75, 3.05) is 6.61 Å². The molecule has 3 heterocycles. The van der Waals surface area contributed by atoms with E-state index in [-0.39, 0.29) is 12.3 Å². The number of fused-ring (bicyclic) bond motifs is 1. The highest BCUT2D eigenvalue weighted by atomic mass is 35.5. The summed E-state index contributed by atoms with van der Waals surface area (Å²) in [7, 11) is -1.21. The van der Waals surface area contributed by atoms with Crippen LogP contribution in [-0.2, 0) is 11.5 Å². The molecule has 0 fully saturated rings. The molecule has 3 aromatic heterocycles. The number of halogens is 1. The van der Waals surface area contributed by atoms with Gasteiger partial charge in [-0.3, -0.25) is 0 Å². The quantitative estimate of drug-likeness (QED) is 0.290. The third-order valence-corrected chi connectivity index (χ3v) is 6.91. The molecule has 0 saturated carbocycles. The fourth-order valence-electron chi connectivity index (χ4n) is 3.20. The minimum absolute atomic E-state index is 0.0809. The van der Waals surface area contributed by atoms with E-state index in [4.69, 9.17) is 16.3 Å². The molecule has 8 nitrogen and oxygen atoms in total. The van der Waals surface area contributed by atoms with E-state index in [0.29, 0.717) is 34.2 Å². The topological polar surface area (TPSA) is 95.1 Å². The second-order valence-corrected chi connectivity index (χ2v) is 14.8. The summed E-state index contributed by atoms with van der Waals surface area (Å²) in [6.45, 7) is 7.70. The van der Waals surface area contributed by atoms with Crippen LogP contribution in [0.1, 0.15) is 10.4 Å². The molecular formula is C22H24ClN5O3Si. The molecule has 0 spiro atoms. The molecule has 0 unspecified atom stereocenters. The number of carboxylic acid groups (broad SMARTS) is 1. The van der Waals surface area contributed by atoms with Gasteiger partial charge in [-0.15, -0.1) is 0 Å². The van der Waals surface area contributed by atoms with Gasteiger partial charge in [-0.2, -0.15) is 0 Å². The van der Waals surface area contributed by atoms with Gasteiger partial charge in [0, 0.05) is 37.8 Å². The summed E-state index contributed by atoms with van der Waals surface area (Å²) in [5, 5.41) is 10.3. The van der Waals surface area contributed by atoms with E-state index in [1.807, 2.05) is 22.8 Å². The summed E-state index contributed by atoms with van der Waals surface area (Å²) in [4.78, 5) is 25.3. The molecule has 1 N–H and O–H groups in total. The molecule has 0 saturated heterocycles. The molecule has 4 aromatic rings. The zero-order valence-electron chi connectivity index (χ0n) is 18.1. The summed E-state index contributed by atoms with van der Waals surface area (Å²) in [6, 6.07) is 8.43. The van der Waals surface area contributed by atoms with E-state index >= 15 is 0 Å². The predicted octanol–water partition coefficient (Wildman–Crippen LogP) is 4.95. The van der Waals surface area contributed by atoms with Gasteiger partial charge in [0.2, 0.25) is 0 Å². The standard InChI is InChI=1S/C22H24ClN5O3Si/c1-32(2,3)8-7-31-14-28-11-17(22(29)30)20-21(28)24-10-18(26-20)19-12-27(13-25-19)16-6-4-5-15(23)9-16/h4-6,9-13H,7-8,14H2,1-3H3,(H,29,30). The Hall–Kier alpha value is -3.01. The SMILES string of the molecule is C[Si](C)(C)CCOCn1cc(C(=O)O)c2nc(-c3cn(-c4cccc(Cl)c4)cn3)cnc21. The van der Waals surface area contributed by atoms with Gasteiger partial charge >= 0.3 is 5.97 Å². The van der Waals surface area contributed by atoms with Crippen LogP contribution in [0.3, 0.4) is 0 Å². The zero-order valence-corrected chi connectivity index (χ0v) is 19.9. The van der Waals surface area contributed by atoms with Gasteiger partial charge in [0.25, 0.3) is 0 Å². The molecule has 166 valence electrons. The maximum absolute atomic E-state index is 11.8. The van der Waals surface area contributed by atoms with Gasteiger partial charge in [0.1, 0.15) is 29.2 Å². The molecule has 0 radical (unpaired) electrons. The molecule has 0 amide bonds. The van der Waals surface area contributed by atoms with Crippen molar-refractivity contribution in [3.8, 4) is 17.1 Å². The molecule has 0 bridgehead atoms. The van der Waals surface area contributed by atoms with Gasteiger partial charge in [-0.05, 0) is 24.2 Å². The van der Waals surface area contributed by atoms with Crippen LogP contribution < -0.4 is 0 Å². The second-order valence-electron chi connectivity index (χ2n) is 8.74. The van der Waals surface area contributed by atoms with Crippen LogP contribution in [-0.4, -0.2) is 49.8 Å². The third-order valence-electron chi connectivity index (χ3n) is 4.97. The maximum atomic E-state index is 11.8. The van der Waals surface area contributed by atoms with E-state index < -0.39 is 14.0 Å². The Morgan fingerprint density at radius 2 is 2.00 bits per heavy atom. The summed E-state index contributed by atoms with van der Waals surface area (Å²) in [5.41, 5.74) is 2.78. The average molecular weight is 470 g/mol. The molecule has 1 aromatic carbocycles. The van der Waals surface area contributed by atoms with Crippen molar-refractivity contribution in [1.29, 1.82) is 0 Å². The fourth-order valence-corrected chi connectivity index (χ4v) is 4.15. The minimum atomic E-state index is -1.21. The average Bonchev–Trinajstić information content (AvgIpc) is 3.36. The molecule has 0 aliphatic carbocycles. The number of hydrogen-bond acceptors (Lipinski definition) is 5. The third kappa shape index (κ3) is 4.90. The summed E-state index contributed by atoms with van der Waals surface area (Å²) >= 11 is 6.08. The zero-order chi connectivity index (χ0) is 22.9. The molecule has 10 heteroatoms. The lowest BCUT2D eigenvalue weighted by Crippen LogP contribution is -2.22. The predicted molar refractivity (Wildman–Crippen MR) is 126 cm³/mol. The lowest BCUT2D eigenvalue weighted by molar-refractivity contribution is 0.0696. The molecular weight excluding hydrogens is 446 g/mol. The molecule has 0 atom stereocenters. The van der Waals surface area contributed by atoms with Crippen LogP contribution in [0.4, 0.5) is 0 Å². The van der Waals surface area contributed by atoms with Gasteiger partial charge in [0.05, 0.1) is 12.5 Å². The van der Waals surface area contributed by atoms with Gasteiger partial charge in [0.15, 0.2) is 5.65 Å². The molecule has 0 aliphatic rings. The first-order valence-corrected chi connectivity index (χ1v) is 14.3. The lowest BCUT2D eigenvalue weighted by Gasteiger charge is -2.15. The summed E-state index contributed by atoms with van der Waals surface area (Å²) in [6.07, 6.45) is 6.58. The van der Waals surface area contributed by atoms with E-state index in [1.165, 1.54) is 6.20 Å². The van der Waals surface area contributed by atoms with Crippen LogP contribution in [0.15, 0.2) is 49.2 Å². The van der Waals surface area contributed by atoms with Crippen molar-refractivity contribution in [3.63, 3.8) is 0 Å². The number of imidazole rings is 1. The van der Waals surface area contributed by atoms with E-state index in [9.17, 15) is 9.90 Å². The van der Waals surface area contributed by atoms with Crippen LogP contribution >= 0.6 is 11.6 Å². The normalized spacial score (nSPS) is 11.9. The van der Waals surface area contributed by atoms with E-state index in [2.05, 4.69) is 34.6 Å². The smallest absolute Gasteiger partial charge is 0.339 e. The van der Waals surface area contributed by atoms with E-state index in [0.717, 1.165) is 11.7 Å². The highest BCUT2D eigenvalue weighted by Gasteiger charge is 2.19. The fraction of sp³-hybridized carbons (Fsp3) is 0.273. The number of carbonyl (C=O) groups is 1. The Bertz CT molecular complexity index is 1280. The van der Waals surface area contributed by atoms with Gasteiger partial charge < -0.3 is 19.0 Å². The number of ether oxygens (including phenoxy) is 1. The Morgan fingerprint density at radius 3 is 2.72 bits per heavy atom. The number of aromatic carboxylic acids is 1. The highest BCUT2D eigenvalue weighted by molar-refractivity contribution is 6.76. The molecule has 4 rings (SSSR count). The van der Waals surface area contributed by atoms with Crippen LogP contribution in [0.5, 0.6) is 0 Å². The second kappa shape index (κ2) is 8.85. The number of benzene rings is 1. The van der Waals surface area contributed by atoms with Crippen molar-refractivity contribution in [2.24, 2.45) is 0 Å². The number of hydrogen-bond donors (Lipinski definition) is 1. The minimum Gasteiger partial charge on any atom is -0.478 e. The first kappa shape index (κ1) is 22.2. The van der Waals surface area contributed by atoms with Crippen molar-refractivity contribution in [1.82, 2.24) is 24.1 Å². The first-order valence-electron chi connectivity index (χ1n) is 10.2. The van der Waals surface area contributed by atoms with Crippen LogP contribution in [0.25, 0.3) is 28.2 Å². The van der Waals surface area contributed by atoms with Gasteiger partial charge in [-0.25, -0.2) is 19.7 Å². The van der Waals surface area contributed by atoms with Crippen molar-refractivity contribution >= 4 is 36.8 Å². The number of rotatable bonds is 8. The number of nitrogens with zero attached hydrogens (tertiary/aromatic N) is 5. The van der Waals surface area contributed by atoms with E-state index in [1.54, 1.807) is 29.4 Å². The Balaban J connectivity index is 1.62. The maximum Gasteiger partial charge on any atom is 0.339 e. The Morgan fingerprint density at radius 1 is 1.19 bits per heavy atom. The largest absolute Gasteiger partial charge is 0.478 e. The van der Waals surface area contributed by atoms with Crippen LogP contribution in [0.2, 0.25) is 30.7 Å². The monoisotopic (exact) mass is 469 g/mol. The van der Waals surface area contributed by atoms with Crippen LogP contribution in [0, 0.1) is 0 Å². The summed E-state index contributed by atoms with van der Waals surface area (Å²) < 4.78 is 9.29. The van der Waals surface area contributed by atoms with Crippen molar-refractivity contribution in [2.45, 2.75) is 32.4 Å². The molecule has 32 heavy (non-hydrogen) atoms. The molecule has 0 aliphatic heterocycles. The van der Waals surface area contributed by atoms with Crippen molar-refractivity contribution in [3.05, 3.63) is 59.8 Å². The lowest BCUT2D eigenvalue weighted by atomic mass is 10.3. The van der Waals surface area contributed by atoms with Crippen molar-refractivity contribution < 1.29 is 14.6 Å². The highest BCUT2D eigenvalue weighted by Crippen LogP contribution is 2.24. The van der Waals surface area contributed by atoms with Gasteiger partial charge in [-0.1, -0.05) is 37.3 Å². The number of carboxylic acids is 1. The summed E-state index contributed by atoms with van der Waals surface area (Å²) in [5.74, 6) is -1.06.